The van der Waals surface area contributed by atoms with E-state index >= 15 is 0 Å². The lowest BCUT2D eigenvalue weighted by atomic mass is 9.82. The van der Waals surface area contributed by atoms with Crippen LogP contribution in [0.4, 0.5) is 0 Å². The standard InChI is InChI=1S/C43H29N/c1-43(2)38-18-9-8-15-31(38)35-24-37-36-23-26(19-22-40(36)44(41(37)25-39(35)43)27-11-4-3-5-12-27)28-20-21-34-30-14-7-6-13-29(30)33-17-10-16-32(28)42(33)34/h3-25H,1-2H3. The largest absolute Gasteiger partial charge is 0.309 e. The van der Waals surface area contributed by atoms with Crippen molar-refractivity contribution < 1.29 is 0 Å². The Bertz CT molecular complexity index is 2480. The number of aromatic nitrogens is 1. The first-order chi connectivity index (χ1) is 21.6. The van der Waals surface area contributed by atoms with Crippen molar-refractivity contribution in [2.45, 2.75) is 19.3 Å². The van der Waals surface area contributed by atoms with Crippen LogP contribution in [0.3, 0.4) is 0 Å². The molecular weight excluding hydrogens is 530 g/mol. The molecule has 1 aromatic heterocycles. The van der Waals surface area contributed by atoms with Crippen LogP contribution in [0.1, 0.15) is 25.0 Å². The number of hydrogen-bond donors (Lipinski definition) is 0. The van der Waals surface area contributed by atoms with Gasteiger partial charge >= 0.3 is 0 Å². The maximum Gasteiger partial charge on any atom is 0.0544 e. The van der Waals surface area contributed by atoms with Crippen LogP contribution in [0.15, 0.2) is 140 Å². The molecule has 2 aliphatic carbocycles. The van der Waals surface area contributed by atoms with E-state index in [0.29, 0.717) is 0 Å². The highest BCUT2D eigenvalue weighted by atomic mass is 15.0. The molecule has 0 saturated heterocycles. The molecule has 0 radical (unpaired) electrons. The van der Waals surface area contributed by atoms with E-state index < -0.39 is 0 Å². The molecule has 0 aliphatic heterocycles. The number of rotatable bonds is 2. The fourth-order valence-electron chi connectivity index (χ4n) is 8.30. The van der Waals surface area contributed by atoms with E-state index in [1.165, 1.54) is 93.9 Å². The molecule has 0 atom stereocenters. The Hall–Kier alpha value is -5.40. The smallest absolute Gasteiger partial charge is 0.0544 e. The van der Waals surface area contributed by atoms with Crippen LogP contribution >= 0.6 is 0 Å². The van der Waals surface area contributed by atoms with Crippen molar-refractivity contribution in [3.8, 4) is 50.2 Å². The number of benzene rings is 7. The van der Waals surface area contributed by atoms with Crippen LogP contribution in [-0.4, -0.2) is 4.57 Å². The summed E-state index contributed by atoms with van der Waals surface area (Å²) in [7, 11) is 0. The first kappa shape index (κ1) is 24.1. The zero-order valence-electron chi connectivity index (χ0n) is 24.7. The predicted octanol–water partition coefficient (Wildman–Crippen LogP) is 11.6. The van der Waals surface area contributed by atoms with E-state index in [1.807, 2.05) is 0 Å². The van der Waals surface area contributed by atoms with Crippen LogP contribution in [0.2, 0.25) is 0 Å². The average molecular weight is 560 g/mol. The minimum absolute atomic E-state index is 0.0501. The van der Waals surface area contributed by atoms with E-state index in [-0.39, 0.29) is 5.41 Å². The van der Waals surface area contributed by atoms with Gasteiger partial charge in [-0.25, -0.2) is 0 Å². The van der Waals surface area contributed by atoms with Gasteiger partial charge in [0.15, 0.2) is 0 Å². The number of fused-ring (bicyclic) bond motifs is 9. The third-order valence-electron chi connectivity index (χ3n) is 10.3. The van der Waals surface area contributed by atoms with Crippen LogP contribution in [0.25, 0.3) is 82.8 Å². The summed E-state index contributed by atoms with van der Waals surface area (Å²) in [6, 6.07) is 52.0. The number of hydrogen-bond acceptors (Lipinski definition) is 0. The summed E-state index contributed by atoms with van der Waals surface area (Å²) >= 11 is 0. The second-order valence-corrected chi connectivity index (χ2v) is 12.9. The van der Waals surface area contributed by atoms with Crippen molar-refractivity contribution in [3.63, 3.8) is 0 Å². The molecule has 2 aliphatic rings. The topological polar surface area (TPSA) is 4.93 Å². The molecule has 1 nitrogen and oxygen atoms in total. The van der Waals surface area contributed by atoms with Gasteiger partial charge in [-0.3, -0.25) is 0 Å². The van der Waals surface area contributed by atoms with E-state index in [0.717, 1.165) is 0 Å². The van der Waals surface area contributed by atoms with Gasteiger partial charge in [-0.2, -0.15) is 0 Å². The van der Waals surface area contributed by atoms with Gasteiger partial charge in [0.25, 0.3) is 0 Å². The van der Waals surface area contributed by atoms with Crippen LogP contribution < -0.4 is 0 Å². The van der Waals surface area contributed by atoms with Crippen molar-refractivity contribution in [3.05, 3.63) is 151 Å². The molecule has 7 aromatic carbocycles. The highest BCUT2D eigenvalue weighted by Crippen LogP contribution is 2.52. The van der Waals surface area contributed by atoms with Gasteiger partial charge < -0.3 is 4.57 Å². The molecule has 1 heteroatoms. The Kier molecular flexibility index (Phi) is 4.58. The van der Waals surface area contributed by atoms with E-state index in [4.69, 9.17) is 0 Å². The number of para-hydroxylation sites is 1. The summed E-state index contributed by atoms with van der Waals surface area (Å²) < 4.78 is 2.46. The summed E-state index contributed by atoms with van der Waals surface area (Å²) in [4.78, 5) is 0. The quantitative estimate of drug-likeness (QED) is 0.198. The zero-order chi connectivity index (χ0) is 29.2. The lowest BCUT2D eigenvalue weighted by Gasteiger charge is -2.21. The van der Waals surface area contributed by atoms with Gasteiger partial charge in [-0.1, -0.05) is 117 Å². The molecule has 44 heavy (non-hydrogen) atoms. The molecule has 0 fully saturated rings. The van der Waals surface area contributed by atoms with E-state index in [2.05, 4.69) is 158 Å². The zero-order valence-corrected chi connectivity index (χ0v) is 24.7. The fraction of sp³-hybridized carbons (Fsp3) is 0.0698. The Morgan fingerprint density at radius 1 is 0.409 bits per heavy atom. The first-order valence-corrected chi connectivity index (χ1v) is 15.5. The molecule has 0 N–H and O–H groups in total. The molecule has 0 bridgehead atoms. The minimum atomic E-state index is -0.0501. The number of nitrogens with zero attached hydrogens (tertiary/aromatic N) is 1. The monoisotopic (exact) mass is 559 g/mol. The summed E-state index contributed by atoms with van der Waals surface area (Å²) in [5, 5.41) is 5.28. The third kappa shape index (κ3) is 2.99. The highest BCUT2D eigenvalue weighted by molar-refractivity contribution is 6.19. The normalized spacial score (nSPS) is 13.9. The molecule has 0 spiro atoms. The lowest BCUT2D eigenvalue weighted by molar-refractivity contribution is 0.661. The third-order valence-corrected chi connectivity index (χ3v) is 10.3. The molecule has 1 heterocycles. The minimum Gasteiger partial charge on any atom is -0.309 e. The molecular formula is C43H29N. The average Bonchev–Trinajstić information content (AvgIpc) is 3.65. The van der Waals surface area contributed by atoms with Crippen molar-refractivity contribution in [1.82, 2.24) is 4.57 Å². The lowest BCUT2D eigenvalue weighted by Crippen LogP contribution is -2.14. The van der Waals surface area contributed by atoms with Crippen molar-refractivity contribution in [2.24, 2.45) is 0 Å². The second kappa shape index (κ2) is 8.36. The van der Waals surface area contributed by atoms with Gasteiger partial charge in [-0.15, -0.1) is 0 Å². The van der Waals surface area contributed by atoms with Gasteiger partial charge in [0.2, 0.25) is 0 Å². The van der Waals surface area contributed by atoms with Crippen molar-refractivity contribution in [2.75, 3.05) is 0 Å². The Morgan fingerprint density at radius 3 is 1.89 bits per heavy atom. The Balaban J connectivity index is 1.27. The molecule has 10 rings (SSSR count). The van der Waals surface area contributed by atoms with Gasteiger partial charge in [0.05, 0.1) is 11.0 Å². The van der Waals surface area contributed by atoms with Crippen LogP contribution in [-0.2, 0) is 5.41 Å². The highest BCUT2D eigenvalue weighted by Gasteiger charge is 2.36. The summed E-state index contributed by atoms with van der Waals surface area (Å²) in [6.07, 6.45) is 0. The second-order valence-electron chi connectivity index (χ2n) is 12.9. The first-order valence-electron chi connectivity index (χ1n) is 15.5. The maximum absolute atomic E-state index is 2.47. The molecule has 0 amide bonds. The van der Waals surface area contributed by atoms with Crippen molar-refractivity contribution in [1.29, 1.82) is 0 Å². The van der Waals surface area contributed by atoms with Gasteiger partial charge in [-0.05, 0) is 103 Å². The molecule has 0 saturated carbocycles. The van der Waals surface area contributed by atoms with Gasteiger partial charge in [0, 0.05) is 21.9 Å². The van der Waals surface area contributed by atoms with Crippen LogP contribution in [0.5, 0.6) is 0 Å². The molecule has 206 valence electrons. The van der Waals surface area contributed by atoms with E-state index in [1.54, 1.807) is 0 Å². The van der Waals surface area contributed by atoms with Gasteiger partial charge in [0.1, 0.15) is 0 Å². The van der Waals surface area contributed by atoms with E-state index in [9.17, 15) is 0 Å². The Morgan fingerprint density at radius 2 is 1.07 bits per heavy atom. The summed E-state index contributed by atoms with van der Waals surface area (Å²) in [6.45, 7) is 4.73. The molecule has 8 aromatic rings. The molecule has 0 unspecified atom stereocenters. The predicted molar refractivity (Wildman–Crippen MR) is 186 cm³/mol. The van der Waals surface area contributed by atoms with Crippen molar-refractivity contribution >= 4 is 32.6 Å². The summed E-state index contributed by atoms with van der Waals surface area (Å²) in [5.41, 5.74) is 17.1. The summed E-state index contributed by atoms with van der Waals surface area (Å²) in [5.74, 6) is 0. The Labute approximate surface area is 256 Å². The SMILES string of the molecule is CC1(C)c2ccccc2-c2cc3c4cc(-c5ccc6c7c(cccc57)-c5ccccc5-6)ccc4n(-c4ccccc4)c3cc21. The fourth-order valence-corrected chi connectivity index (χ4v) is 8.30. The maximum atomic E-state index is 2.47. The van der Waals surface area contributed by atoms with Crippen LogP contribution in [0, 0.1) is 0 Å².